The number of benzene rings is 4. The van der Waals surface area contributed by atoms with E-state index in [0.29, 0.717) is 0 Å². The van der Waals surface area contributed by atoms with Crippen LogP contribution in [0, 0.1) is 5.92 Å². The molecule has 1 unspecified atom stereocenters. The van der Waals surface area contributed by atoms with Gasteiger partial charge in [0.1, 0.15) is 5.82 Å². The molecule has 0 radical (unpaired) electrons. The second-order valence-corrected chi connectivity index (χ2v) is 11.5. The molecule has 0 saturated carbocycles. The molecular weight excluding hydrogens is 524 g/mol. The predicted molar refractivity (Wildman–Crippen MR) is 168 cm³/mol. The van der Waals surface area contributed by atoms with Gasteiger partial charge in [-0.25, -0.2) is 14.8 Å². The third-order valence-electron chi connectivity index (χ3n) is 8.66. The zero-order valence-corrected chi connectivity index (χ0v) is 24.1. The van der Waals surface area contributed by atoms with Crippen LogP contribution in [-0.4, -0.2) is 50.6 Å². The quantitative estimate of drug-likeness (QED) is 0.197. The van der Waals surface area contributed by atoms with Crippen LogP contribution in [0.25, 0.3) is 54.7 Å². The van der Waals surface area contributed by atoms with Crippen molar-refractivity contribution in [2.45, 2.75) is 38.8 Å². The molecule has 0 aliphatic carbocycles. The lowest BCUT2D eigenvalue weighted by molar-refractivity contribution is 0.161. The number of nitrogens with zero attached hydrogens (tertiary/aromatic N) is 3. The van der Waals surface area contributed by atoms with E-state index in [1.807, 2.05) is 0 Å². The van der Waals surface area contributed by atoms with Gasteiger partial charge in [-0.15, -0.1) is 0 Å². The molecule has 7 rings (SSSR count). The molecule has 2 atom stereocenters. The smallest absolute Gasteiger partial charge is 0.407 e. The van der Waals surface area contributed by atoms with Crippen molar-refractivity contribution in [1.29, 1.82) is 0 Å². The van der Waals surface area contributed by atoms with Gasteiger partial charge in [-0.2, -0.15) is 0 Å². The first-order chi connectivity index (χ1) is 20.4. The number of amides is 1. The van der Waals surface area contributed by atoms with Crippen LogP contribution in [0.4, 0.5) is 4.79 Å². The van der Waals surface area contributed by atoms with Crippen molar-refractivity contribution < 1.29 is 9.53 Å². The second kappa shape index (κ2) is 10.2. The second-order valence-electron chi connectivity index (χ2n) is 11.5. The van der Waals surface area contributed by atoms with Crippen molar-refractivity contribution in [3.63, 3.8) is 0 Å². The summed E-state index contributed by atoms with van der Waals surface area (Å²) in [5, 5.41) is 7.62. The molecule has 4 aromatic carbocycles. The Labute approximate surface area is 243 Å². The van der Waals surface area contributed by atoms with Crippen LogP contribution in [0.1, 0.15) is 38.6 Å². The van der Waals surface area contributed by atoms with Gasteiger partial charge in [0.05, 0.1) is 47.6 Å². The summed E-state index contributed by atoms with van der Waals surface area (Å²) in [5.41, 5.74) is 7.27. The van der Waals surface area contributed by atoms with Gasteiger partial charge in [0.2, 0.25) is 0 Å². The Kier molecular flexibility index (Phi) is 6.34. The summed E-state index contributed by atoms with van der Waals surface area (Å²) in [5.74, 6) is 1.10. The lowest BCUT2D eigenvalue weighted by atomic mass is 9.98. The molecule has 1 amide bonds. The minimum absolute atomic E-state index is 0.0684. The summed E-state index contributed by atoms with van der Waals surface area (Å²) in [4.78, 5) is 30.7. The fourth-order valence-electron chi connectivity index (χ4n) is 6.48. The Morgan fingerprint density at radius 3 is 2.38 bits per heavy atom. The summed E-state index contributed by atoms with van der Waals surface area (Å²) in [6, 6.07) is 21.5. The van der Waals surface area contributed by atoms with E-state index in [4.69, 9.17) is 9.72 Å². The number of carbonyl (C=O) groups is 1. The zero-order chi connectivity index (χ0) is 29.0. The van der Waals surface area contributed by atoms with Crippen LogP contribution >= 0.6 is 0 Å². The molecule has 1 saturated heterocycles. The monoisotopic (exact) mass is 558 g/mol. The van der Waals surface area contributed by atoms with E-state index >= 15 is 0 Å². The molecule has 212 valence electrons. The molecule has 8 nitrogen and oxygen atoms in total. The number of imidazole rings is 2. The first-order valence-corrected chi connectivity index (χ1v) is 14.5. The molecule has 1 fully saturated rings. The fraction of sp³-hybridized carbons (Fsp3) is 0.265. The van der Waals surface area contributed by atoms with Gasteiger partial charge >= 0.3 is 6.09 Å². The zero-order valence-electron chi connectivity index (χ0n) is 24.1. The highest BCUT2D eigenvalue weighted by Gasteiger charge is 2.34. The molecule has 42 heavy (non-hydrogen) atoms. The fourth-order valence-corrected chi connectivity index (χ4v) is 6.48. The SMILES string of the molecule is C=C(C(NC(=O)OC)C(C)C)N1CCC[C@H]1c1nc2ccc3cc(-c4ccc5c(ccc6nc[nH]c65)c4)ccc3c2[nH]1. The highest BCUT2D eigenvalue weighted by atomic mass is 16.5. The van der Waals surface area contributed by atoms with Crippen molar-refractivity contribution in [2.24, 2.45) is 5.92 Å². The summed E-state index contributed by atoms with van der Waals surface area (Å²) in [6.45, 7) is 9.43. The van der Waals surface area contributed by atoms with Crippen molar-refractivity contribution in [3.8, 4) is 11.1 Å². The number of methoxy groups -OCH3 is 1. The van der Waals surface area contributed by atoms with Gasteiger partial charge in [-0.3, -0.25) is 0 Å². The van der Waals surface area contributed by atoms with E-state index in [-0.39, 0.29) is 18.0 Å². The highest BCUT2D eigenvalue weighted by molar-refractivity contribution is 6.07. The number of fused-ring (bicyclic) bond motifs is 6. The van der Waals surface area contributed by atoms with E-state index in [9.17, 15) is 4.79 Å². The molecular formula is C34H34N6O2. The molecule has 3 N–H and O–H groups in total. The summed E-state index contributed by atoms with van der Waals surface area (Å²) in [7, 11) is 1.38. The number of likely N-dealkylation sites (tertiary alicyclic amines) is 1. The number of aromatic nitrogens is 4. The summed E-state index contributed by atoms with van der Waals surface area (Å²) >= 11 is 0. The van der Waals surface area contributed by atoms with Gasteiger partial charge in [-0.1, -0.05) is 56.8 Å². The molecule has 0 spiro atoms. The maximum Gasteiger partial charge on any atom is 0.407 e. The largest absolute Gasteiger partial charge is 0.453 e. The number of alkyl carbamates (subject to hydrolysis) is 1. The third kappa shape index (κ3) is 4.34. The third-order valence-corrected chi connectivity index (χ3v) is 8.66. The van der Waals surface area contributed by atoms with Gasteiger partial charge < -0.3 is 24.9 Å². The highest BCUT2D eigenvalue weighted by Crippen LogP contribution is 2.37. The maximum atomic E-state index is 12.0. The van der Waals surface area contributed by atoms with Crippen LogP contribution in [0.3, 0.4) is 0 Å². The molecule has 2 aromatic heterocycles. The average molecular weight is 559 g/mol. The number of aromatic amines is 2. The maximum absolute atomic E-state index is 12.0. The van der Waals surface area contributed by atoms with Crippen molar-refractivity contribution in [3.05, 3.63) is 85.1 Å². The topological polar surface area (TPSA) is 98.9 Å². The molecule has 0 bridgehead atoms. The normalized spacial score (nSPS) is 16.2. The lowest BCUT2D eigenvalue weighted by Crippen LogP contribution is -2.44. The molecule has 1 aliphatic heterocycles. The average Bonchev–Trinajstić information content (AvgIpc) is 3.78. The number of ether oxygens (including phenoxy) is 1. The Morgan fingerprint density at radius 2 is 1.69 bits per heavy atom. The number of carbonyl (C=O) groups excluding carboxylic acids is 1. The Bertz CT molecular complexity index is 1990. The standard InChI is InChI=1S/C34H34N6O2/c1-19(2)30(39-34(41)42-4)20(3)40-15-5-6-29(40)33-37-28-14-10-24-17-22(8-12-26(24)32(28)38-33)21-7-11-25-23(16-21)9-13-27-31(25)36-18-35-27/h7-14,16-19,29-30H,3,5-6,15H2,1-2,4H3,(H,35,36)(H,37,38)(H,39,41)/t29-,30?/m0/s1. The number of hydrogen-bond acceptors (Lipinski definition) is 5. The van der Waals surface area contributed by atoms with Crippen LogP contribution in [-0.2, 0) is 4.74 Å². The van der Waals surface area contributed by atoms with Crippen LogP contribution in [0.2, 0.25) is 0 Å². The van der Waals surface area contributed by atoms with Gasteiger partial charge in [-0.05, 0) is 64.9 Å². The molecule has 6 aromatic rings. The Morgan fingerprint density at radius 1 is 1.00 bits per heavy atom. The van der Waals surface area contributed by atoms with Gasteiger partial charge in [0.25, 0.3) is 0 Å². The van der Waals surface area contributed by atoms with E-state index in [1.165, 1.54) is 29.0 Å². The Balaban J connectivity index is 1.21. The minimum Gasteiger partial charge on any atom is -0.453 e. The summed E-state index contributed by atoms with van der Waals surface area (Å²) in [6.07, 6.45) is 3.30. The number of H-pyrrole nitrogens is 2. The Hall–Kier alpha value is -4.85. The number of hydrogen-bond donors (Lipinski definition) is 3. The van der Waals surface area contributed by atoms with E-state index in [2.05, 4.69) is 106 Å². The van der Waals surface area contributed by atoms with Crippen molar-refractivity contribution in [1.82, 2.24) is 30.2 Å². The molecule has 8 heteroatoms. The number of rotatable bonds is 6. The molecule has 3 heterocycles. The summed E-state index contributed by atoms with van der Waals surface area (Å²) < 4.78 is 4.87. The van der Waals surface area contributed by atoms with Gasteiger partial charge in [0.15, 0.2) is 0 Å². The van der Waals surface area contributed by atoms with E-state index < -0.39 is 6.09 Å². The first kappa shape index (κ1) is 26.1. The van der Waals surface area contributed by atoms with Gasteiger partial charge in [0, 0.05) is 23.0 Å². The predicted octanol–water partition coefficient (Wildman–Crippen LogP) is 7.44. The first-order valence-electron chi connectivity index (χ1n) is 14.5. The van der Waals surface area contributed by atoms with Crippen LogP contribution < -0.4 is 5.32 Å². The lowest BCUT2D eigenvalue weighted by Gasteiger charge is -2.34. The van der Waals surface area contributed by atoms with Crippen LogP contribution in [0.5, 0.6) is 0 Å². The number of nitrogens with one attached hydrogen (secondary N) is 3. The van der Waals surface area contributed by atoms with Crippen molar-refractivity contribution >= 4 is 49.7 Å². The van der Waals surface area contributed by atoms with Crippen molar-refractivity contribution in [2.75, 3.05) is 13.7 Å². The molecule has 1 aliphatic rings. The minimum atomic E-state index is -0.445. The van der Waals surface area contributed by atoms with E-state index in [0.717, 1.165) is 63.7 Å². The van der Waals surface area contributed by atoms with E-state index in [1.54, 1.807) is 6.33 Å². The van der Waals surface area contributed by atoms with Crippen LogP contribution in [0.15, 0.2) is 79.3 Å².